The second-order valence-corrected chi connectivity index (χ2v) is 5.07. The molecular weight excluding hydrogens is 339 g/mol. The van der Waals surface area contributed by atoms with Gasteiger partial charge in [0.25, 0.3) is 5.91 Å². The van der Waals surface area contributed by atoms with Crippen LogP contribution in [0.1, 0.15) is 21.5 Å². The lowest BCUT2D eigenvalue weighted by Gasteiger charge is -2.20. The van der Waals surface area contributed by atoms with Crippen molar-refractivity contribution in [2.24, 2.45) is 0 Å². The van der Waals surface area contributed by atoms with Crippen LogP contribution in [0.3, 0.4) is 0 Å². The topological polar surface area (TPSA) is 66.8 Å². The minimum Gasteiger partial charge on any atom is -0.480 e. The van der Waals surface area contributed by atoms with Crippen molar-refractivity contribution >= 4 is 11.9 Å². The van der Waals surface area contributed by atoms with E-state index in [2.05, 4.69) is 0 Å². The number of carboxylic acids is 1. The van der Waals surface area contributed by atoms with Crippen LogP contribution in [0.4, 0.5) is 13.2 Å². The second kappa shape index (κ2) is 7.80. The Morgan fingerprint density at radius 2 is 1.60 bits per heavy atom. The molecule has 0 aromatic heterocycles. The summed E-state index contributed by atoms with van der Waals surface area (Å²) in [5.41, 5.74) is -0.306. The number of nitrogens with zero attached hydrogens (tertiary/aromatic N) is 1. The zero-order chi connectivity index (χ0) is 18.4. The largest absolute Gasteiger partial charge is 0.480 e. The summed E-state index contributed by atoms with van der Waals surface area (Å²) >= 11 is 0. The van der Waals surface area contributed by atoms with Crippen LogP contribution in [0, 0.1) is 0 Å². The number of amides is 1. The molecule has 0 bridgehead atoms. The van der Waals surface area contributed by atoms with Crippen LogP contribution >= 0.6 is 0 Å². The van der Waals surface area contributed by atoms with E-state index in [0.717, 1.165) is 24.3 Å². The van der Waals surface area contributed by atoms with Gasteiger partial charge >= 0.3 is 12.1 Å². The summed E-state index contributed by atoms with van der Waals surface area (Å²) in [5.74, 6) is -2.15. The molecule has 0 aliphatic rings. The van der Waals surface area contributed by atoms with E-state index in [9.17, 15) is 22.8 Å². The predicted octanol–water partition coefficient (Wildman–Crippen LogP) is 3.36. The highest BCUT2D eigenvalue weighted by Gasteiger charge is 2.30. The van der Waals surface area contributed by atoms with E-state index < -0.39 is 30.2 Å². The first-order valence-electron chi connectivity index (χ1n) is 7.15. The Morgan fingerprint density at radius 3 is 2.12 bits per heavy atom. The van der Waals surface area contributed by atoms with Gasteiger partial charge < -0.3 is 5.11 Å². The van der Waals surface area contributed by atoms with Gasteiger partial charge in [0, 0.05) is 5.56 Å². The number of rotatable bonds is 6. The van der Waals surface area contributed by atoms with Crippen LogP contribution in [-0.4, -0.2) is 28.6 Å². The third-order valence-electron chi connectivity index (χ3n) is 3.19. The Morgan fingerprint density at radius 1 is 1.00 bits per heavy atom. The first-order chi connectivity index (χ1) is 11.8. The number of carbonyl (C=O) groups is 2. The Labute approximate surface area is 141 Å². The van der Waals surface area contributed by atoms with Crippen LogP contribution in [0.2, 0.25) is 0 Å². The second-order valence-electron chi connectivity index (χ2n) is 5.07. The number of hydroxylamine groups is 2. The average molecular weight is 353 g/mol. The minimum absolute atomic E-state index is 0.0551. The summed E-state index contributed by atoms with van der Waals surface area (Å²) in [6.45, 7) is -0.798. The fourth-order valence-electron chi connectivity index (χ4n) is 1.97. The molecule has 2 rings (SSSR count). The van der Waals surface area contributed by atoms with Gasteiger partial charge in [0.1, 0.15) is 13.2 Å². The van der Waals surface area contributed by atoms with Gasteiger partial charge in [-0.1, -0.05) is 30.3 Å². The van der Waals surface area contributed by atoms with Gasteiger partial charge in [-0.3, -0.25) is 14.4 Å². The first kappa shape index (κ1) is 18.5. The van der Waals surface area contributed by atoms with Crippen LogP contribution in [0.25, 0.3) is 0 Å². The van der Waals surface area contributed by atoms with E-state index in [1.54, 1.807) is 30.3 Å². The number of halogens is 3. The van der Waals surface area contributed by atoms with Crippen molar-refractivity contribution in [2.75, 3.05) is 6.54 Å². The maximum Gasteiger partial charge on any atom is 0.416 e. The number of carbonyl (C=O) groups excluding carboxylic acids is 1. The Hall–Kier alpha value is -2.87. The zero-order valence-electron chi connectivity index (χ0n) is 12.9. The van der Waals surface area contributed by atoms with E-state index in [4.69, 9.17) is 9.94 Å². The molecule has 0 saturated heterocycles. The molecule has 2 aromatic carbocycles. The molecule has 5 nitrogen and oxygen atoms in total. The van der Waals surface area contributed by atoms with E-state index in [0.29, 0.717) is 10.6 Å². The van der Waals surface area contributed by atoms with E-state index in [-0.39, 0.29) is 12.2 Å². The Balaban J connectivity index is 2.13. The molecule has 0 aliphatic carbocycles. The van der Waals surface area contributed by atoms with Crippen molar-refractivity contribution < 1.29 is 32.7 Å². The smallest absolute Gasteiger partial charge is 0.416 e. The minimum atomic E-state index is -4.52. The van der Waals surface area contributed by atoms with Gasteiger partial charge in [-0.25, -0.2) is 5.06 Å². The van der Waals surface area contributed by atoms with Crippen molar-refractivity contribution in [2.45, 2.75) is 12.8 Å². The monoisotopic (exact) mass is 353 g/mol. The van der Waals surface area contributed by atoms with Crippen molar-refractivity contribution in [1.82, 2.24) is 5.06 Å². The fraction of sp³-hybridized carbons (Fsp3) is 0.176. The summed E-state index contributed by atoms with van der Waals surface area (Å²) in [4.78, 5) is 28.5. The van der Waals surface area contributed by atoms with Gasteiger partial charge in [0.05, 0.1) is 5.56 Å². The molecule has 1 amide bonds. The van der Waals surface area contributed by atoms with Crippen molar-refractivity contribution in [3.05, 3.63) is 71.3 Å². The fourth-order valence-corrected chi connectivity index (χ4v) is 1.97. The Kier molecular flexibility index (Phi) is 5.76. The molecule has 0 unspecified atom stereocenters. The number of hydrogen-bond donors (Lipinski definition) is 1. The van der Waals surface area contributed by atoms with Crippen LogP contribution < -0.4 is 0 Å². The number of hydrogen-bond acceptors (Lipinski definition) is 3. The van der Waals surface area contributed by atoms with Crippen molar-refractivity contribution in [1.29, 1.82) is 0 Å². The summed E-state index contributed by atoms with van der Waals surface area (Å²) in [7, 11) is 0. The molecule has 0 spiro atoms. The summed E-state index contributed by atoms with van der Waals surface area (Å²) in [6, 6.07) is 12.2. The number of alkyl halides is 3. The van der Waals surface area contributed by atoms with Gasteiger partial charge in [-0.05, 0) is 29.8 Å². The lowest BCUT2D eigenvalue weighted by atomic mass is 10.1. The van der Waals surface area contributed by atoms with E-state index in [1.807, 2.05) is 0 Å². The molecule has 2 aromatic rings. The van der Waals surface area contributed by atoms with E-state index in [1.165, 1.54) is 0 Å². The molecule has 8 heteroatoms. The predicted molar refractivity (Wildman–Crippen MR) is 81.3 cm³/mol. The summed E-state index contributed by atoms with van der Waals surface area (Å²) in [6.07, 6.45) is -4.52. The molecule has 0 atom stereocenters. The molecule has 0 heterocycles. The van der Waals surface area contributed by atoms with Crippen LogP contribution in [0.5, 0.6) is 0 Å². The number of carboxylic acid groups (broad SMARTS) is 1. The lowest BCUT2D eigenvalue weighted by molar-refractivity contribution is -0.162. The lowest BCUT2D eigenvalue weighted by Crippen LogP contribution is -2.35. The highest BCUT2D eigenvalue weighted by molar-refractivity contribution is 5.95. The molecular formula is C17H14F3NO4. The van der Waals surface area contributed by atoms with Crippen molar-refractivity contribution in [3.8, 4) is 0 Å². The summed E-state index contributed by atoms with van der Waals surface area (Å²) < 4.78 is 37.7. The maximum absolute atomic E-state index is 12.6. The van der Waals surface area contributed by atoms with Crippen LogP contribution in [0.15, 0.2) is 54.6 Å². The molecule has 1 N–H and O–H groups in total. The molecule has 0 radical (unpaired) electrons. The number of aliphatic carboxylic acids is 1. The maximum atomic E-state index is 12.6. The van der Waals surface area contributed by atoms with Gasteiger partial charge in [0.2, 0.25) is 0 Å². The third kappa shape index (κ3) is 5.32. The van der Waals surface area contributed by atoms with Gasteiger partial charge in [-0.15, -0.1) is 0 Å². The van der Waals surface area contributed by atoms with Crippen molar-refractivity contribution in [3.63, 3.8) is 0 Å². The molecule has 0 aliphatic heterocycles. The normalized spacial score (nSPS) is 11.2. The highest BCUT2D eigenvalue weighted by atomic mass is 19.4. The van der Waals surface area contributed by atoms with Gasteiger partial charge in [0.15, 0.2) is 0 Å². The highest BCUT2D eigenvalue weighted by Crippen LogP contribution is 2.29. The van der Waals surface area contributed by atoms with E-state index >= 15 is 0 Å². The zero-order valence-corrected chi connectivity index (χ0v) is 12.9. The number of benzene rings is 2. The molecule has 0 saturated carbocycles. The van der Waals surface area contributed by atoms with Gasteiger partial charge in [-0.2, -0.15) is 13.2 Å². The Bertz CT molecular complexity index is 730. The van der Waals surface area contributed by atoms with Crippen LogP contribution in [-0.2, 0) is 22.4 Å². The quantitative estimate of drug-likeness (QED) is 0.809. The molecule has 0 fully saturated rings. The first-order valence-corrected chi connectivity index (χ1v) is 7.15. The SMILES string of the molecule is O=C(O)CN(OCc1ccccc1)C(=O)c1ccc(C(F)(F)F)cc1. The summed E-state index contributed by atoms with van der Waals surface area (Å²) in [5, 5.41) is 9.51. The standard InChI is InChI=1S/C17H14F3NO4/c18-17(19,20)14-8-6-13(7-9-14)16(24)21(10-15(22)23)25-11-12-4-2-1-3-5-12/h1-9H,10-11H2,(H,22,23). The average Bonchev–Trinajstić information content (AvgIpc) is 2.58. The molecule has 25 heavy (non-hydrogen) atoms. The third-order valence-corrected chi connectivity index (χ3v) is 3.19. The molecule has 132 valence electrons.